The van der Waals surface area contributed by atoms with Crippen molar-refractivity contribution in [3.8, 4) is 0 Å². The quantitative estimate of drug-likeness (QED) is 0.790. The van der Waals surface area contributed by atoms with Gasteiger partial charge in [-0.15, -0.1) is 0 Å². The lowest BCUT2D eigenvalue weighted by Crippen LogP contribution is -2.21. The fourth-order valence-electron chi connectivity index (χ4n) is 2.01. The van der Waals surface area contributed by atoms with E-state index in [1.54, 1.807) is 12.1 Å². The standard InChI is InChI=1S/C15H18O5/c1-10-3-5-12(6-4-10)15(17)18-9-13-7-8-14(20-13)19-11(2)16/h3-6,13-14H,7-9H2,1-2H3/t13-,14+/m0/s1. The number of aryl methyl sites for hydroxylation is 1. The molecule has 2 rings (SSSR count). The van der Waals surface area contributed by atoms with E-state index in [-0.39, 0.29) is 24.6 Å². The SMILES string of the molecule is CC(=O)O[C@H]1CC[C@@H](COC(=O)c2ccc(C)cc2)O1. The zero-order valence-electron chi connectivity index (χ0n) is 11.6. The number of esters is 2. The van der Waals surface area contributed by atoms with Gasteiger partial charge in [-0.2, -0.15) is 0 Å². The van der Waals surface area contributed by atoms with Gasteiger partial charge in [0.25, 0.3) is 0 Å². The molecule has 20 heavy (non-hydrogen) atoms. The van der Waals surface area contributed by atoms with E-state index in [2.05, 4.69) is 0 Å². The molecule has 0 saturated carbocycles. The highest BCUT2D eigenvalue weighted by atomic mass is 16.7. The van der Waals surface area contributed by atoms with Crippen LogP contribution in [0.2, 0.25) is 0 Å². The van der Waals surface area contributed by atoms with Gasteiger partial charge >= 0.3 is 11.9 Å². The number of carbonyl (C=O) groups excluding carboxylic acids is 2. The summed E-state index contributed by atoms with van der Waals surface area (Å²) in [5.74, 6) is -0.739. The van der Waals surface area contributed by atoms with Crippen LogP contribution in [0.1, 0.15) is 35.7 Å². The number of benzene rings is 1. The minimum Gasteiger partial charge on any atom is -0.459 e. The molecule has 1 aliphatic rings. The third kappa shape index (κ3) is 4.06. The minimum absolute atomic E-state index is 0.171. The Hall–Kier alpha value is -1.88. The molecule has 1 aromatic rings. The van der Waals surface area contributed by atoms with Crippen molar-refractivity contribution in [2.45, 2.75) is 39.1 Å². The fourth-order valence-corrected chi connectivity index (χ4v) is 2.01. The minimum atomic E-state index is -0.518. The van der Waals surface area contributed by atoms with Crippen molar-refractivity contribution in [3.63, 3.8) is 0 Å². The molecule has 0 N–H and O–H groups in total. The number of hydrogen-bond donors (Lipinski definition) is 0. The molecule has 1 aliphatic heterocycles. The van der Waals surface area contributed by atoms with Crippen LogP contribution in [0.15, 0.2) is 24.3 Å². The van der Waals surface area contributed by atoms with E-state index in [1.165, 1.54) is 6.92 Å². The average molecular weight is 278 g/mol. The van der Waals surface area contributed by atoms with Gasteiger partial charge in [-0.05, 0) is 25.5 Å². The van der Waals surface area contributed by atoms with Gasteiger partial charge in [0.05, 0.1) is 11.7 Å². The normalized spacial score (nSPS) is 21.5. The summed E-state index contributed by atoms with van der Waals surface area (Å²) in [7, 11) is 0. The monoisotopic (exact) mass is 278 g/mol. The Morgan fingerprint density at radius 2 is 1.95 bits per heavy atom. The van der Waals surface area contributed by atoms with Gasteiger partial charge in [-0.3, -0.25) is 4.79 Å². The summed E-state index contributed by atoms with van der Waals surface area (Å²) < 4.78 is 15.6. The molecular weight excluding hydrogens is 260 g/mol. The summed E-state index contributed by atoms with van der Waals surface area (Å²) in [5.41, 5.74) is 1.61. The van der Waals surface area contributed by atoms with E-state index in [4.69, 9.17) is 14.2 Å². The molecule has 5 heteroatoms. The van der Waals surface area contributed by atoms with Crippen LogP contribution >= 0.6 is 0 Å². The summed E-state index contributed by atoms with van der Waals surface area (Å²) in [6, 6.07) is 7.18. The third-order valence-electron chi connectivity index (χ3n) is 3.05. The molecule has 1 aromatic carbocycles. The largest absolute Gasteiger partial charge is 0.459 e. The van der Waals surface area contributed by atoms with Gasteiger partial charge in [0, 0.05) is 13.3 Å². The second-order valence-electron chi connectivity index (χ2n) is 4.84. The summed E-state index contributed by atoms with van der Waals surface area (Å²) in [5, 5.41) is 0. The summed E-state index contributed by atoms with van der Waals surface area (Å²) >= 11 is 0. The van der Waals surface area contributed by atoms with Gasteiger partial charge in [0.2, 0.25) is 6.29 Å². The van der Waals surface area contributed by atoms with E-state index in [1.807, 2.05) is 19.1 Å². The van der Waals surface area contributed by atoms with Crippen molar-refractivity contribution in [3.05, 3.63) is 35.4 Å². The first kappa shape index (κ1) is 14.5. The van der Waals surface area contributed by atoms with Gasteiger partial charge in [-0.1, -0.05) is 17.7 Å². The van der Waals surface area contributed by atoms with Gasteiger partial charge in [0.15, 0.2) is 0 Å². The zero-order valence-corrected chi connectivity index (χ0v) is 11.6. The first-order valence-electron chi connectivity index (χ1n) is 6.61. The predicted molar refractivity (Wildman–Crippen MR) is 71.1 cm³/mol. The van der Waals surface area contributed by atoms with E-state index in [9.17, 15) is 9.59 Å². The van der Waals surface area contributed by atoms with Crippen molar-refractivity contribution in [1.82, 2.24) is 0 Å². The Bertz CT molecular complexity index is 480. The van der Waals surface area contributed by atoms with E-state index in [0.717, 1.165) is 5.56 Å². The Balaban J connectivity index is 1.77. The molecule has 1 saturated heterocycles. The predicted octanol–water partition coefficient (Wildman–Crippen LogP) is 2.22. The zero-order chi connectivity index (χ0) is 14.5. The smallest absolute Gasteiger partial charge is 0.338 e. The van der Waals surface area contributed by atoms with Crippen molar-refractivity contribution in [2.75, 3.05) is 6.61 Å². The highest BCUT2D eigenvalue weighted by Crippen LogP contribution is 2.21. The van der Waals surface area contributed by atoms with E-state index >= 15 is 0 Å². The van der Waals surface area contributed by atoms with Crippen LogP contribution in [0, 0.1) is 6.92 Å². The third-order valence-corrected chi connectivity index (χ3v) is 3.05. The van der Waals surface area contributed by atoms with Crippen LogP contribution in [0.3, 0.4) is 0 Å². The maximum Gasteiger partial charge on any atom is 0.338 e. The Morgan fingerprint density at radius 3 is 2.60 bits per heavy atom. The van der Waals surface area contributed by atoms with Gasteiger partial charge in [-0.25, -0.2) is 4.79 Å². The van der Waals surface area contributed by atoms with Crippen LogP contribution in [-0.2, 0) is 19.0 Å². The maximum absolute atomic E-state index is 11.8. The Labute approximate surface area is 117 Å². The summed E-state index contributed by atoms with van der Waals surface area (Å²) in [6.45, 7) is 3.47. The van der Waals surface area contributed by atoms with Crippen molar-refractivity contribution >= 4 is 11.9 Å². The molecule has 108 valence electrons. The fraction of sp³-hybridized carbons (Fsp3) is 0.467. The lowest BCUT2D eigenvalue weighted by Gasteiger charge is -2.13. The molecule has 1 heterocycles. The van der Waals surface area contributed by atoms with Gasteiger partial charge in [0.1, 0.15) is 6.61 Å². The summed E-state index contributed by atoms with van der Waals surface area (Å²) in [4.78, 5) is 22.6. The number of carbonyl (C=O) groups is 2. The van der Waals surface area contributed by atoms with Crippen LogP contribution < -0.4 is 0 Å². The highest BCUT2D eigenvalue weighted by Gasteiger charge is 2.28. The second-order valence-corrected chi connectivity index (χ2v) is 4.84. The van der Waals surface area contributed by atoms with Crippen molar-refractivity contribution < 1.29 is 23.8 Å². The van der Waals surface area contributed by atoms with Crippen LogP contribution in [0.25, 0.3) is 0 Å². The average Bonchev–Trinajstić information content (AvgIpc) is 2.83. The molecule has 5 nitrogen and oxygen atoms in total. The first-order chi connectivity index (χ1) is 9.54. The number of hydrogen-bond acceptors (Lipinski definition) is 5. The number of ether oxygens (including phenoxy) is 3. The molecule has 0 aromatic heterocycles. The highest BCUT2D eigenvalue weighted by molar-refractivity contribution is 5.89. The molecule has 0 bridgehead atoms. The van der Waals surface area contributed by atoms with E-state index in [0.29, 0.717) is 18.4 Å². The lowest BCUT2D eigenvalue weighted by atomic mass is 10.1. The van der Waals surface area contributed by atoms with E-state index < -0.39 is 6.29 Å². The molecule has 2 atom stereocenters. The molecule has 0 spiro atoms. The molecule has 0 aliphatic carbocycles. The summed E-state index contributed by atoms with van der Waals surface area (Å²) in [6.07, 6.45) is 0.607. The van der Waals surface area contributed by atoms with Crippen LogP contribution in [-0.4, -0.2) is 30.9 Å². The molecule has 1 fully saturated rings. The molecule has 0 amide bonds. The van der Waals surface area contributed by atoms with Crippen LogP contribution in [0.5, 0.6) is 0 Å². The number of rotatable bonds is 4. The van der Waals surface area contributed by atoms with Crippen molar-refractivity contribution in [1.29, 1.82) is 0 Å². The lowest BCUT2D eigenvalue weighted by molar-refractivity contribution is -0.174. The molecule has 0 radical (unpaired) electrons. The molecular formula is C15H18O5. The first-order valence-corrected chi connectivity index (χ1v) is 6.61. The van der Waals surface area contributed by atoms with Gasteiger partial charge < -0.3 is 14.2 Å². The van der Waals surface area contributed by atoms with Crippen LogP contribution in [0.4, 0.5) is 0 Å². The topological polar surface area (TPSA) is 61.8 Å². The van der Waals surface area contributed by atoms with Crippen molar-refractivity contribution in [2.24, 2.45) is 0 Å². The Kier molecular flexibility index (Phi) is 4.74. The molecule has 0 unspecified atom stereocenters. The maximum atomic E-state index is 11.8. The second kappa shape index (κ2) is 6.52. The Morgan fingerprint density at radius 1 is 1.25 bits per heavy atom.